The van der Waals surface area contributed by atoms with Crippen molar-refractivity contribution in [2.75, 3.05) is 56.2 Å². The van der Waals surface area contributed by atoms with Crippen molar-refractivity contribution in [2.45, 2.75) is 70.0 Å². The van der Waals surface area contributed by atoms with E-state index in [0.29, 0.717) is 37.8 Å². The molecule has 4 heterocycles. The molecule has 0 N–H and O–H groups in total. The van der Waals surface area contributed by atoms with Gasteiger partial charge in [0.1, 0.15) is 12.4 Å². The number of likely N-dealkylation sites (tertiary alicyclic amines) is 1. The van der Waals surface area contributed by atoms with Crippen LogP contribution in [0.1, 0.15) is 49.4 Å². The monoisotopic (exact) mass is 530 g/mol. The number of piperazine rings is 1. The summed E-state index contributed by atoms with van der Waals surface area (Å²) in [5, 5.41) is 0. The molecule has 0 saturated carbocycles. The molecule has 0 bridgehead atoms. The summed E-state index contributed by atoms with van der Waals surface area (Å²) in [6, 6.07) is 10.4. The predicted octanol–water partition coefficient (Wildman–Crippen LogP) is 3.48. The van der Waals surface area contributed by atoms with Crippen LogP contribution in [-0.4, -0.2) is 90.2 Å². The zero-order valence-corrected chi connectivity index (χ0v) is 23.5. The smallest absolute Gasteiger partial charge is 0.318 e. The van der Waals surface area contributed by atoms with Gasteiger partial charge in [-0.15, -0.1) is 0 Å². The number of amides is 1. The first kappa shape index (κ1) is 26.1. The van der Waals surface area contributed by atoms with E-state index in [4.69, 9.17) is 14.7 Å². The fourth-order valence-electron chi connectivity index (χ4n) is 7.03. The number of anilines is 2. The van der Waals surface area contributed by atoms with Crippen molar-refractivity contribution in [1.82, 2.24) is 19.8 Å². The molecule has 1 amide bonds. The molecule has 1 aromatic carbocycles. The van der Waals surface area contributed by atoms with Gasteiger partial charge in [0.05, 0.1) is 5.69 Å². The Morgan fingerprint density at radius 2 is 1.95 bits per heavy atom. The SMILES string of the molecule is C=CC(=O)N1CCN(c2nc(OC[C@@H]3CCCN3C)nc3c2CC[C@H](N2CCCc4ccccc42)C3)[C@@H](C)C1. The number of hydrogen-bond donors (Lipinski definition) is 0. The van der Waals surface area contributed by atoms with Gasteiger partial charge >= 0.3 is 6.01 Å². The topological polar surface area (TPSA) is 65.0 Å². The minimum atomic E-state index is 0.000534. The highest BCUT2D eigenvalue weighted by Gasteiger charge is 2.34. The Labute approximate surface area is 232 Å². The lowest BCUT2D eigenvalue weighted by Crippen LogP contribution is -2.54. The Morgan fingerprint density at radius 1 is 1.08 bits per heavy atom. The molecule has 39 heavy (non-hydrogen) atoms. The summed E-state index contributed by atoms with van der Waals surface area (Å²) in [5.41, 5.74) is 5.25. The van der Waals surface area contributed by atoms with Crippen LogP contribution >= 0.6 is 0 Å². The number of ether oxygens (including phenoxy) is 1. The summed E-state index contributed by atoms with van der Waals surface area (Å²) >= 11 is 0. The molecule has 3 atom stereocenters. The molecule has 1 aliphatic carbocycles. The summed E-state index contributed by atoms with van der Waals surface area (Å²) in [5.74, 6) is 1.01. The molecular formula is C31H42N6O2. The first-order valence-electron chi connectivity index (χ1n) is 14.8. The zero-order chi connectivity index (χ0) is 26.9. The van der Waals surface area contributed by atoms with Crippen LogP contribution in [-0.2, 0) is 24.1 Å². The second-order valence-electron chi connectivity index (χ2n) is 11.7. The highest BCUT2D eigenvalue weighted by molar-refractivity contribution is 5.87. The summed E-state index contributed by atoms with van der Waals surface area (Å²) in [4.78, 5) is 31.7. The van der Waals surface area contributed by atoms with Gasteiger partial charge in [-0.05, 0) is 76.7 Å². The van der Waals surface area contributed by atoms with Gasteiger partial charge in [-0.25, -0.2) is 0 Å². The van der Waals surface area contributed by atoms with Crippen molar-refractivity contribution in [2.24, 2.45) is 0 Å². The third kappa shape index (κ3) is 5.23. The van der Waals surface area contributed by atoms with Crippen LogP contribution in [0.5, 0.6) is 6.01 Å². The Kier molecular flexibility index (Phi) is 7.47. The Bertz CT molecular complexity index is 1220. The van der Waals surface area contributed by atoms with E-state index in [2.05, 4.69) is 59.5 Å². The normalized spacial score (nSPS) is 25.3. The quantitative estimate of drug-likeness (QED) is 0.530. The van der Waals surface area contributed by atoms with E-state index in [1.54, 1.807) is 0 Å². The number of hydrogen-bond acceptors (Lipinski definition) is 7. The maximum absolute atomic E-state index is 12.3. The van der Waals surface area contributed by atoms with E-state index in [0.717, 1.165) is 63.3 Å². The molecule has 3 aliphatic heterocycles. The van der Waals surface area contributed by atoms with E-state index in [9.17, 15) is 4.79 Å². The molecule has 0 radical (unpaired) electrons. The van der Waals surface area contributed by atoms with Crippen LogP contribution in [0.2, 0.25) is 0 Å². The third-order valence-electron chi connectivity index (χ3n) is 9.26. The van der Waals surface area contributed by atoms with Gasteiger partial charge in [-0.2, -0.15) is 9.97 Å². The summed E-state index contributed by atoms with van der Waals surface area (Å²) in [7, 11) is 2.17. The molecule has 1 aromatic heterocycles. The standard InChI is InChI=1S/C31H42N6O2/c1-4-29(38)35-17-18-36(22(2)20-35)30-26-14-13-24(37-16-7-10-23-9-5-6-12-28(23)37)19-27(26)32-31(33-30)39-21-25-11-8-15-34(25)3/h4-6,9,12,22,24-25H,1,7-8,10-11,13-21H2,2-3H3/t22-,24-,25-/m0/s1. The van der Waals surface area contributed by atoms with E-state index in [1.165, 1.54) is 35.7 Å². The van der Waals surface area contributed by atoms with Gasteiger partial charge in [0, 0.05) is 62.0 Å². The first-order chi connectivity index (χ1) is 19.0. The zero-order valence-electron chi connectivity index (χ0n) is 23.5. The number of aryl methyl sites for hydroxylation is 1. The second-order valence-corrected chi connectivity index (χ2v) is 11.7. The van der Waals surface area contributed by atoms with Gasteiger partial charge in [0.15, 0.2) is 0 Å². The fourth-order valence-corrected chi connectivity index (χ4v) is 7.03. The number of carbonyl (C=O) groups excluding carboxylic acids is 1. The average Bonchev–Trinajstić information content (AvgIpc) is 3.39. The number of fused-ring (bicyclic) bond motifs is 2. The highest BCUT2D eigenvalue weighted by Crippen LogP contribution is 2.37. The van der Waals surface area contributed by atoms with Crippen molar-refractivity contribution < 1.29 is 9.53 Å². The van der Waals surface area contributed by atoms with Gasteiger partial charge in [0.2, 0.25) is 5.91 Å². The van der Waals surface area contributed by atoms with Crippen LogP contribution in [0.15, 0.2) is 36.9 Å². The highest BCUT2D eigenvalue weighted by atomic mass is 16.5. The lowest BCUT2D eigenvalue weighted by molar-refractivity contribution is -0.126. The van der Waals surface area contributed by atoms with Gasteiger partial charge in [-0.1, -0.05) is 24.8 Å². The second kappa shape index (κ2) is 11.2. The van der Waals surface area contributed by atoms with Crippen LogP contribution in [0, 0.1) is 0 Å². The van der Waals surface area contributed by atoms with Crippen LogP contribution in [0.3, 0.4) is 0 Å². The maximum atomic E-state index is 12.3. The molecule has 4 aliphatic rings. The number of benzene rings is 1. The van der Waals surface area contributed by atoms with Crippen molar-refractivity contribution in [1.29, 1.82) is 0 Å². The number of aromatic nitrogens is 2. The molecule has 8 nitrogen and oxygen atoms in total. The molecule has 208 valence electrons. The lowest BCUT2D eigenvalue weighted by Gasteiger charge is -2.43. The number of carbonyl (C=O) groups is 1. The maximum Gasteiger partial charge on any atom is 0.318 e. The molecule has 2 fully saturated rings. The molecule has 0 unspecified atom stereocenters. The van der Waals surface area contributed by atoms with Gasteiger partial charge in [0.25, 0.3) is 0 Å². The molecular weight excluding hydrogens is 488 g/mol. The predicted molar refractivity (Wildman–Crippen MR) is 155 cm³/mol. The van der Waals surface area contributed by atoms with Crippen LogP contribution < -0.4 is 14.5 Å². The molecule has 0 spiro atoms. The van der Waals surface area contributed by atoms with E-state index < -0.39 is 0 Å². The average molecular weight is 531 g/mol. The molecule has 6 rings (SSSR count). The lowest BCUT2D eigenvalue weighted by atomic mass is 9.88. The Balaban J connectivity index is 1.29. The minimum Gasteiger partial charge on any atom is -0.462 e. The van der Waals surface area contributed by atoms with E-state index >= 15 is 0 Å². The number of rotatable bonds is 6. The first-order valence-corrected chi connectivity index (χ1v) is 14.8. The number of nitrogens with zero attached hydrogens (tertiary/aromatic N) is 6. The number of likely N-dealkylation sites (N-methyl/N-ethyl adjacent to an activating group) is 1. The Hall–Kier alpha value is -3.13. The van der Waals surface area contributed by atoms with Crippen molar-refractivity contribution in [3.05, 3.63) is 53.7 Å². The van der Waals surface area contributed by atoms with Crippen LogP contribution in [0.25, 0.3) is 0 Å². The van der Waals surface area contributed by atoms with Gasteiger partial charge < -0.3 is 24.3 Å². The van der Waals surface area contributed by atoms with E-state index in [-0.39, 0.29) is 11.9 Å². The van der Waals surface area contributed by atoms with Crippen molar-refractivity contribution >= 4 is 17.4 Å². The van der Waals surface area contributed by atoms with E-state index in [1.807, 2.05) is 4.90 Å². The molecule has 2 aromatic rings. The summed E-state index contributed by atoms with van der Waals surface area (Å²) < 4.78 is 6.32. The number of para-hydroxylation sites is 1. The fraction of sp³-hybridized carbons (Fsp3) is 0.581. The summed E-state index contributed by atoms with van der Waals surface area (Å²) in [6.45, 7) is 10.8. The molecule has 2 saturated heterocycles. The third-order valence-corrected chi connectivity index (χ3v) is 9.26. The van der Waals surface area contributed by atoms with Crippen LogP contribution in [0.4, 0.5) is 11.5 Å². The van der Waals surface area contributed by atoms with Gasteiger partial charge in [-0.3, -0.25) is 4.79 Å². The van der Waals surface area contributed by atoms with Crippen molar-refractivity contribution in [3.63, 3.8) is 0 Å². The minimum absolute atomic E-state index is 0.000534. The molecule has 8 heteroatoms. The largest absolute Gasteiger partial charge is 0.462 e. The summed E-state index contributed by atoms with van der Waals surface area (Å²) in [6.07, 6.45) is 9.10. The Morgan fingerprint density at radius 3 is 2.74 bits per heavy atom. The van der Waals surface area contributed by atoms with Crippen molar-refractivity contribution in [3.8, 4) is 6.01 Å².